The van der Waals surface area contributed by atoms with Crippen LogP contribution in [0.25, 0.3) is 11.4 Å². The highest BCUT2D eigenvalue weighted by Crippen LogP contribution is 2.31. The van der Waals surface area contributed by atoms with Gasteiger partial charge in [-0.15, -0.1) is 0 Å². The van der Waals surface area contributed by atoms with E-state index in [4.69, 9.17) is 11.6 Å². The van der Waals surface area contributed by atoms with Crippen LogP contribution in [0.1, 0.15) is 29.8 Å². The molecular weight excluding hydrogens is 479 g/mol. The summed E-state index contributed by atoms with van der Waals surface area (Å²) >= 11 is 6.01. The fourth-order valence-electron chi connectivity index (χ4n) is 4.37. The number of hydrogen-bond acceptors (Lipinski definition) is 3. The number of benzene rings is 2. The van der Waals surface area contributed by atoms with E-state index in [1.807, 2.05) is 19.1 Å². The molecule has 0 unspecified atom stereocenters. The van der Waals surface area contributed by atoms with Gasteiger partial charge in [-0.25, -0.2) is 9.78 Å². The number of carbonyl (C=O) groups excluding carboxylic acids is 1. The molecule has 2 heterocycles. The number of urea groups is 1. The van der Waals surface area contributed by atoms with Crippen molar-refractivity contribution in [2.75, 3.05) is 25.0 Å². The number of halogens is 4. The quantitative estimate of drug-likeness (QED) is 0.456. The van der Waals surface area contributed by atoms with Gasteiger partial charge in [0, 0.05) is 54.7 Å². The number of hydrogen-bond donors (Lipinski definition) is 2. The number of carbonyl (C=O) groups is 1. The summed E-state index contributed by atoms with van der Waals surface area (Å²) in [5.74, 6) is 0.551. The van der Waals surface area contributed by atoms with E-state index in [-0.39, 0.29) is 12.1 Å². The number of amides is 2. The van der Waals surface area contributed by atoms with Crippen molar-refractivity contribution in [2.45, 2.75) is 38.5 Å². The topological polar surface area (TPSA) is 64.3 Å². The molecule has 0 bridgehead atoms. The molecule has 0 spiro atoms. The van der Waals surface area contributed by atoms with E-state index in [1.54, 1.807) is 24.1 Å². The summed E-state index contributed by atoms with van der Waals surface area (Å²) in [7, 11) is 1.62. The molecule has 1 aliphatic rings. The Kier molecular flexibility index (Phi) is 7.37. The second kappa shape index (κ2) is 10.3. The number of alkyl halides is 3. The second-order valence-corrected chi connectivity index (χ2v) is 9.08. The third-order valence-electron chi connectivity index (χ3n) is 6.30. The molecule has 2 amide bonds. The van der Waals surface area contributed by atoms with Crippen LogP contribution < -0.4 is 10.2 Å². The Morgan fingerprint density at radius 1 is 1.14 bits per heavy atom. The lowest BCUT2D eigenvalue weighted by molar-refractivity contribution is -0.137. The molecule has 0 aliphatic carbocycles. The molecular formula is C25H27ClF3N5O. The van der Waals surface area contributed by atoms with E-state index < -0.39 is 11.7 Å². The molecule has 0 radical (unpaired) electrons. The van der Waals surface area contributed by atoms with Crippen LogP contribution in [0.4, 0.5) is 23.7 Å². The Balaban J connectivity index is 1.41. The number of aromatic nitrogens is 2. The average Bonchev–Trinajstić information content (AvgIpc) is 3.21. The van der Waals surface area contributed by atoms with Gasteiger partial charge >= 0.3 is 12.2 Å². The fourth-order valence-corrected chi connectivity index (χ4v) is 4.49. The third kappa shape index (κ3) is 5.79. The van der Waals surface area contributed by atoms with E-state index in [1.165, 1.54) is 12.1 Å². The highest BCUT2D eigenvalue weighted by atomic mass is 35.5. The fraction of sp³-hybridized carbons (Fsp3) is 0.360. The number of likely N-dealkylation sites (tertiary alicyclic amines) is 1. The Labute approximate surface area is 207 Å². The highest BCUT2D eigenvalue weighted by Gasteiger charge is 2.31. The number of imidazole rings is 1. The van der Waals surface area contributed by atoms with Crippen molar-refractivity contribution in [1.82, 2.24) is 20.2 Å². The van der Waals surface area contributed by atoms with E-state index in [2.05, 4.69) is 20.2 Å². The smallest absolute Gasteiger partial charge is 0.342 e. The van der Waals surface area contributed by atoms with Crippen LogP contribution in [-0.4, -0.2) is 47.1 Å². The maximum absolute atomic E-state index is 12.8. The summed E-state index contributed by atoms with van der Waals surface area (Å²) in [4.78, 5) is 24.5. The van der Waals surface area contributed by atoms with Crippen molar-refractivity contribution in [3.8, 4) is 11.4 Å². The maximum Gasteiger partial charge on any atom is 0.416 e. The zero-order valence-corrected chi connectivity index (χ0v) is 20.2. The lowest BCUT2D eigenvalue weighted by Gasteiger charge is -2.38. The minimum absolute atomic E-state index is 0.0513. The average molecular weight is 506 g/mol. The molecule has 6 nitrogen and oxygen atoms in total. The first-order chi connectivity index (χ1) is 16.7. The number of H-pyrrole nitrogens is 1. The van der Waals surface area contributed by atoms with Crippen LogP contribution in [0, 0.1) is 6.92 Å². The van der Waals surface area contributed by atoms with Crippen molar-refractivity contribution >= 4 is 23.3 Å². The van der Waals surface area contributed by atoms with Crippen molar-refractivity contribution in [3.05, 3.63) is 70.5 Å². The van der Waals surface area contributed by atoms with Crippen LogP contribution in [0.2, 0.25) is 5.02 Å². The van der Waals surface area contributed by atoms with Crippen molar-refractivity contribution in [2.24, 2.45) is 0 Å². The Morgan fingerprint density at radius 2 is 1.77 bits per heavy atom. The van der Waals surface area contributed by atoms with E-state index in [0.717, 1.165) is 55.1 Å². The van der Waals surface area contributed by atoms with Gasteiger partial charge in [-0.2, -0.15) is 13.2 Å². The van der Waals surface area contributed by atoms with E-state index >= 15 is 0 Å². The number of piperidine rings is 1. The van der Waals surface area contributed by atoms with E-state index in [9.17, 15) is 18.0 Å². The normalized spacial score (nSPS) is 15.3. The van der Waals surface area contributed by atoms with Crippen molar-refractivity contribution < 1.29 is 18.0 Å². The monoisotopic (exact) mass is 505 g/mol. The predicted molar refractivity (Wildman–Crippen MR) is 130 cm³/mol. The maximum atomic E-state index is 12.8. The molecule has 0 saturated carbocycles. The minimum Gasteiger partial charge on any atom is -0.342 e. The minimum atomic E-state index is -4.37. The lowest BCUT2D eigenvalue weighted by Crippen LogP contribution is -2.50. The van der Waals surface area contributed by atoms with Crippen molar-refractivity contribution in [3.63, 3.8) is 0 Å². The first kappa shape index (κ1) is 25.1. The van der Waals surface area contributed by atoms with Gasteiger partial charge in [0.25, 0.3) is 0 Å². The number of aromatic amines is 1. The Morgan fingerprint density at radius 3 is 2.34 bits per heavy atom. The number of nitrogens with zero attached hydrogens (tertiary/aromatic N) is 3. The molecule has 186 valence electrons. The van der Waals surface area contributed by atoms with Gasteiger partial charge in [0.2, 0.25) is 0 Å². The number of rotatable bonds is 5. The zero-order chi connectivity index (χ0) is 25.2. The molecule has 1 fully saturated rings. The van der Waals surface area contributed by atoms with E-state index in [0.29, 0.717) is 23.0 Å². The molecule has 1 saturated heterocycles. The first-order valence-electron chi connectivity index (χ1n) is 11.4. The largest absolute Gasteiger partial charge is 0.416 e. The first-order valence-corrected chi connectivity index (χ1v) is 11.8. The van der Waals surface area contributed by atoms with Gasteiger partial charge < -0.3 is 10.3 Å². The van der Waals surface area contributed by atoms with Crippen LogP contribution >= 0.6 is 11.6 Å². The molecule has 1 aromatic heterocycles. The summed E-state index contributed by atoms with van der Waals surface area (Å²) in [6.45, 7) is 4.11. The number of aryl methyl sites for hydroxylation is 1. The van der Waals surface area contributed by atoms with Crippen molar-refractivity contribution in [1.29, 1.82) is 0 Å². The van der Waals surface area contributed by atoms with Gasteiger partial charge in [0.1, 0.15) is 5.82 Å². The van der Waals surface area contributed by atoms with Crippen LogP contribution in [0.5, 0.6) is 0 Å². The summed E-state index contributed by atoms with van der Waals surface area (Å²) < 4.78 is 38.5. The highest BCUT2D eigenvalue weighted by molar-refractivity contribution is 6.30. The van der Waals surface area contributed by atoms with Gasteiger partial charge in [-0.3, -0.25) is 9.80 Å². The van der Waals surface area contributed by atoms with Crippen LogP contribution in [-0.2, 0) is 12.7 Å². The molecule has 0 atom stereocenters. The SMILES string of the molecule is CNC(=O)N(c1ccc(Cl)cc1)C1CCN(Cc2nc(-c3ccc(C(F)(F)F)cc3)[nH]c2C)CC1. The molecule has 1 aliphatic heterocycles. The third-order valence-corrected chi connectivity index (χ3v) is 6.56. The Bertz CT molecular complexity index is 1150. The number of anilines is 1. The molecule has 3 aromatic rings. The molecule has 2 N–H and O–H groups in total. The lowest BCUT2D eigenvalue weighted by atomic mass is 10.0. The summed E-state index contributed by atoms with van der Waals surface area (Å²) in [5, 5.41) is 3.34. The van der Waals surface area contributed by atoms with Gasteiger partial charge in [-0.1, -0.05) is 23.7 Å². The molecule has 2 aromatic carbocycles. The zero-order valence-electron chi connectivity index (χ0n) is 19.5. The van der Waals surface area contributed by atoms with Crippen LogP contribution in [0.3, 0.4) is 0 Å². The number of nitrogens with one attached hydrogen (secondary N) is 2. The second-order valence-electron chi connectivity index (χ2n) is 8.64. The summed E-state index contributed by atoms with van der Waals surface area (Å²) in [6, 6.07) is 12.1. The van der Waals surface area contributed by atoms with Gasteiger partial charge in [0.05, 0.1) is 11.3 Å². The molecule has 4 rings (SSSR count). The molecule has 35 heavy (non-hydrogen) atoms. The summed E-state index contributed by atoms with van der Waals surface area (Å²) in [6.07, 6.45) is -2.77. The van der Waals surface area contributed by atoms with Crippen LogP contribution in [0.15, 0.2) is 48.5 Å². The summed E-state index contributed by atoms with van der Waals surface area (Å²) in [5.41, 5.74) is 2.47. The molecule has 10 heteroatoms. The predicted octanol–water partition coefficient (Wildman–Crippen LogP) is 5.87. The van der Waals surface area contributed by atoms with Gasteiger partial charge in [0.15, 0.2) is 0 Å². The van der Waals surface area contributed by atoms with Gasteiger partial charge in [-0.05, 0) is 56.2 Å². The Hall–Kier alpha value is -3.04. The standard InChI is InChI=1S/C25H27ClF3N5O/c1-16-22(32-23(31-16)17-3-5-18(6-4-17)25(27,28)29)15-33-13-11-21(12-14-33)34(24(35)30-2)20-9-7-19(26)8-10-20/h3-10,21H,11-15H2,1-2H3,(H,30,35)(H,31,32).